The van der Waals surface area contributed by atoms with Gasteiger partial charge in [0.1, 0.15) is 0 Å². The van der Waals surface area contributed by atoms with E-state index in [1.807, 2.05) is 0 Å². The number of aliphatic hydroxyl groups is 1. The molecule has 0 aliphatic carbocycles. The summed E-state index contributed by atoms with van der Waals surface area (Å²) in [4.78, 5) is 24.3. The van der Waals surface area contributed by atoms with Gasteiger partial charge in [-0.1, -0.05) is 12.1 Å². The minimum Gasteiger partial charge on any atom is -0.478 e. The van der Waals surface area contributed by atoms with Crippen LogP contribution in [0.4, 0.5) is 4.79 Å². The van der Waals surface area contributed by atoms with Gasteiger partial charge in [-0.3, -0.25) is 0 Å². The highest BCUT2D eigenvalue weighted by Gasteiger charge is 2.23. The van der Waals surface area contributed by atoms with Crippen molar-refractivity contribution in [2.45, 2.75) is 12.6 Å². The summed E-state index contributed by atoms with van der Waals surface area (Å²) in [6, 6.07) is 6.11. The number of rotatable bonds is 4. The highest BCUT2D eigenvalue weighted by Crippen LogP contribution is 2.07. The second-order valence-electron chi connectivity index (χ2n) is 4.78. The molecular weight excluding hydrogens is 276 g/mol. The van der Waals surface area contributed by atoms with Crippen LogP contribution in [0.2, 0.25) is 0 Å². The van der Waals surface area contributed by atoms with Crippen molar-refractivity contribution in [1.29, 1.82) is 0 Å². The van der Waals surface area contributed by atoms with E-state index in [1.54, 1.807) is 17.0 Å². The molecule has 3 N–H and O–H groups in total. The van der Waals surface area contributed by atoms with Crippen LogP contribution in [0.5, 0.6) is 0 Å². The Balaban J connectivity index is 1.84. The second kappa shape index (κ2) is 7.05. The van der Waals surface area contributed by atoms with Gasteiger partial charge in [0, 0.05) is 13.1 Å². The summed E-state index contributed by atoms with van der Waals surface area (Å²) in [6.45, 7) is 1.47. The zero-order valence-corrected chi connectivity index (χ0v) is 11.5. The predicted octanol–water partition coefficient (Wildman–Crippen LogP) is 0.287. The largest absolute Gasteiger partial charge is 0.478 e. The van der Waals surface area contributed by atoms with Crippen molar-refractivity contribution in [2.24, 2.45) is 0 Å². The number of hydrogen-bond donors (Lipinski definition) is 3. The number of urea groups is 1. The Labute approximate surface area is 122 Å². The number of carboxylic acid groups (broad SMARTS) is 1. The molecule has 0 radical (unpaired) electrons. The summed E-state index contributed by atoms with van der Waals surface area (Å²) in [5.41, 5.74) is 1.03. The normalized spacial score (nSPS) is 18.3. The number of hydrogen-bond acceptors (Lipinski definition) is 4. The van der Waals surface area contributed by atoms with E-state index in [9.17, 15) is 9.59 Å². The molecule has 2 rings (SSSR count). The number of carboxylic acids is 1. The third-order valence-electron chi connectivity index (χ3n) is 3.27. The highest BCUT2D eigenvalue weighted by molar-refractivity contribution is 5.87. The van der Waals surface area contributed by atoms with Gasteiger partial charge in [0.05, 0.1) is 31.4 Å². The average Bonchev–Trinajstić information content (AvgIpc) is 2.53. The number of carbonyl (C=O) groups excluding carboxylic acids is 1. The topological polar surface area (TPSA) is 99.1 Å². The predicted molar refractivity (Wildman–Crippen MR) is 74.0 cm³/mol. The van der Waals surface area contributed by atoms with Crippen molar-refractivity contribution >= 4 is 12.0 Å². The zero-order valence-electron chi connectivity index (χ0n) is 11.5. The average molecular weight is 294 g/mol. The van der Waals surface area contributed by atoms with Crippen LogP contribution in [0.25, 0.3) is 0 Å². The fourth-order valence-electron chi connectivity index (χ4n) is 2.07. The molecule has 114 valence electrons. The molecule has 1 aliphatic rings. The number of carbonyl (C=O) groups is 2. The van der Waals surface area contributed by atoms with Gasteiger partial charge in [0.25, 0.3) is 0 Å². The van der Waals surface area contributed by atoms with Gasteiger partial charge >= 0.3 is 12.0 Å². The smallest absolute Gasteiger partial charge is 0.335 e. The quantitative estimate of drug-likeness (QED) is 0.741. The van der Waals surface area contributed by atoms with Gasteiger partial charge in [-0.25, -0.2) is 9.59 Å². The minimum absolute atomic E-state index is 0.111. The molecule has 0 aromatic heterocycles. The van der Waals surface area contributed by atoms with Gasteiger partial charge < -0.3 is 25.2 Å². The van der Waals surface area contributed by atoms with Crippen LogP contribution in [-0.2, 0) is 11.3 Å². The molecule has 1 fully saturated rings. The molecule has 1 aromatic carbocycles. The van der Waals surface area contributed by atoms with E-state index in [0.717, 1.165) is 5.56 Å². The van der Waals surface area contributed by atoms with E-state index in [-0.39, 0.29) is 24.3 Å². The molecule has 1 heterocycles. The lowest BCUT2D eigenvalue weighted by molar-refractivity contribution is -0.0403. The van der Waals surface area contributed by atoms with Crippen molar-refractivity contribution in [1.82, 2.24) is 10.2 Å². The van der Waals surface area contributed by atoms with E-state index >= 15 is 0 Å². The Kier molecular flexibility index (Phi) is 5.13. The second-order valence-corrected chi connectivity index (χ2v) is 4.78. The number of benzene rings is 1. The van der Waals surface area contributed by atoms with Gasteiger partial charge in [-0.15, -0.1) is 0 Å². The summed E-state index contributed by atoms with van der Waals surface area (Å²) in [7, 11) is 0. The van der Waals surface area contributed by atoms with Crippen LogP contribution in [-0.4, -0.2) is 59.5 Å². The molecule has 1 unspecified atom stereocenters. The van der Waals surface area contributed by atoms with E-state index < -0.39 is 5.97 Å². The molecule has 1 aromatic rings. The standard InChI is InChI=1S/C14H18N2O5/c17-9-12-8-16(5-6-21-12)14(20)15-7-10-1-3-11(4-2-10)13(18)19/h1-4,12,17H,5-9H2,(H,15,20)(H,18,19). The number of aromatic carboxylic acids is 1. The van der Waals surface area contributed by atoms with Gasteiger partial charge in [0.2, 0.25) is 0 Å². The van der Waals surface area contributed by atoms with E-state index in [0.29, 0.717) is 26.2 Å². The van der Waals surface area contributed by atoms with Gasteiger partial charge in [-0.05, 0) is 17.7 Å². The highest BCUT2D eigenvalue weighted by atomic mass is 16.5. The number of ether oxygens (including phenoxy) is 1. The first-order chi connectivity index (χ1) is 10.1. The summed E-state index contributed by atoms with van der Waals surface area (Å²) in [5, 5.41) is 20.6. The lowest BCUT2D eigenvalue weighted by Gasteiger charge is -2.32. The van der Waals surface area contributed by atoms with Crippen molar-refractivity contribution in [3.05, 3.63) is 35.4 Å². The number of amides is 2. The van der Waals surface area contributed by atoms with E-state index in [2.05, 4.69) is 5.32 Å². The summed E-state index contributed by atoms with van der Waals surface area (Å²) in [6.07, 6.45) is -0.334. The number of nitrogens with one attached hydrogen (secondary N) is 1. The molecule has 7 nitrogen and oxygen atoms in total. The molecule has 7 heteroatoms. The number of nitrogens with zero attached hydrogens (tertiary/aromatic N) is 1. The summed E-state index contributed by atoms with van der Waals surface area (Å²) >= 11 is 0. The maximum Gasteiger partial charge on any atom is 0.335 e. The third-order valence-corrected chi connectivity index (χ3v) is 3.27. The lowest BCUT2D eigenvalue weighted by atomic mass is 10.1. The van der Waals surface area contributed by atoms with Crippen LogP contribution in [0.3, 0.4) is 0 Å². The van der Waals surface area contributed by atoms with Crippen LogP contribution < -0.4 is 5.32 Å². The van der Waals surface area contributed by atoms with Crippen molar-refractivity contribution in [3.8, 4) is 0 Å². The first-order valence-electron chi connectivity index (χ1n) is 6.67. The Hall–Kier alpha value is -2.12. The van der Waals surface area contributed by atoms with Gasteiger partial charge in [0.15, 0.2) is 0 Å². The minimum atomic E-state index is -0.978. The van der Waals surface area contributed by atoms with Crippen molar-refractivity contribution in [3.63, 3.8) is 0 Å². The maximum absolute atomic E-state index is 12.0. The molecular formula is C14H18N2O5. The number of aliphatic hydroxyl groups excluding tert-OH is 1. The molecule has 2 amide bonds. The van der Waals surface area contributed by atoms with E-state index in [4.69, 9.17) is 14.9 Å². The maximum atomic E-state index is 12.0. The number of morpholine rings is 1. The Morgan fingerprint density at radius 2 is 2.05 bits per heavy atom. The zero-order chi connectivity index (χ0) is 15.2. The van der Waals surface area contributed by atoms with Crippen molar-refractivity contribution < 1.29 is 24.5 Å². The molecule has 1 saturated heterocycles. The molecule has 0 saturated carbocycles. The molecule has 1 aliphatic heterocycles. The van der Waals surface area contributed by atoms with Crippen LogP contribution in [0, 0.1) is 0 Å². The molecule has 0 spiro atoms. The fraction of sp³-hybridized carbons (Fsp3) is 0.429. The first kappa shape index (κ1) is 15.3. The molecule has 21 heavy (non-hydrogen) atoms. The summed E-state index contributed by atoms with van der Waals surface area (Å²) in [5.74, 6) is -0.978. The third kappa shape index (κ3) is 4.17. The van der Waals surface area contributed by atoms with Crippen LogP contribution in [0.1, 0.15) is 15.9 Å². The Bertz CT molecular complexity index is 503. The Morgan fingerprint density at radius 3 is 2.67 bits per heavy atom. The Morgan fingerprint density at radius 1 is 1.33 bits per heavy atom. The monoisotopic (exact) mass is 294 g/mol. The van der Waals surface area contributed by atoms with E-state index in [1.165, 1.54) is 12.1 Å². The lowest BCUT2D eigenvalue weighted by Crippen LogP contribution is -2.50. The van der Waals surface area contributed by atoms with Gasteiger partial charge in [-0.2, -0.15) is 0 Å². The van der Waals surface area contributed by atoms with Crippen LogP contribution >= 0.6 is 0 Å². The fourth-order valence-corrected chi connectivity index (χ4v) is 2.07. The first-order valence-corrected chi connectivity index (χ1v) is 6.67. The molecule has 1 atom stereocenters. The SMILES string of the molecule is O=C(O)c1ccc(CNC(=O)N2CCOC(CO)C2)cc1. The van der Waals surface area contributed by atoms with Crippen LogP contribution in [0.15, 0.2) is 24.3 Å². The molecule has 0 bridgehead atoms. The summed E-state index contributed by atoms with van der Waals surface area (Å²) < 4.78 is 5.28. The van der Waals surface area contributed by atoms with Crippen molar-refractivity contribution in [2.75, 3.05) is 26.3 Å².